The lowest BCUT2D eigenvalue weighted by atomic mass is 10.3. The molecule has 1 rings (SSSR count). The molecule has 14 heavy (non-hydrogen) atoms. The first-order valence-corrected chi connectivity index (χ1v) is 4.46. The number of aliphatic hydroxyl groups is 1. The molecule has 5 heteroatoms. The summed E-state index contributed by atoms with van der Waals surface area (Å²) in [7, 11) is 3.45. The lowest BCUT2D eigenvalue weighted by molar-refractivity contribution is -0.128. The summed E-state index contributed by atoms with van der Waals surface area (Å²) < 4.78 is 1.78. The fourth-order valence-electron chi connectivity index (χ4n) is 1.13. The molecule has 1 aromatic heterocycles. The summed E-state index contributed by atoms with van der Waals surface area (Å²) >= 11 is 0. The van der Waals surface area contributed by atoms with Crippen LogP contribution in [0.15, 0.2) is 12.4 Å². The number of aryl methyl sites for hydroxylation is 1. The average molecular weight is 197 g/mol. The summed E-state index contributed by atoms with van der Waals surface area (Å²) in [5, 5.41) is 8.90. The summed E-state index contributed by atoms with van der Waals surface area (Å²) in [5.41, 5.74) is 0. The predicted molar refractivity (Wildman–Crippen MR) is 51.5 cm³/mol. The minimum atomic E-state index is -0.0941. The summed E-state index contributed by atoms with van der Waals surface area (Å²) in [5.74, 6) is 0.666. The van der Waals surface area contributed by atoms with Crippen molar-refractivity contribution in [2.24, 2.45) is 0 Å². The van der Waals surface area contributed by atoms with Gasteiger partial charge >= 0.3 is 0 Å². The number of imidazole rings is 1. The predicted octanol–water partition coefficient (Wildman–Crippen LogP) is -0.146. The van der Waals surface area contributed by atoms with Gasteiger partial charge in [-0.15, -0.1) is 0 Å². The van der Waals surface area contributed by atoms with Crippen LogP contribution >= 0.6 is 0 Å². The second-order valence-electron chi connectivity index (χ2n) is 3.23. The molecular formula is C9H15N3O2. The standard InChI is InChI=1S/C9H15N3O2/c1-11(2)9(14)3-5-12-6-4-10-8(12)7-13/h4,6,13H,3,5,7H2,1-2H3. The van der Waals surface area contributed by atoms with Crippen LogP contribution in [0.1, 0.15) is 12.2 Å². The monoisotopic (exact) mass is 197 g/mol. The Bertz CT molecular complexity index is 307. The van der Waals surface area contributed by atoms with Gasteiger partial charge in [0.15, 0.2) is 0 Å². The van der Waals surface area contributed by atoms with E-state index < -0.39 is 0 Å². The molecule has 0 bridgehead atoms. The second-order valence-corrected chi connectivity index (χ2v) is 3.23. The van der Waals surface area contributed by atoms with Gasteiger partial charge in [-0.25, -0.2) is 4.98 Å². The molecule has 0 saturated carbocycles. The van der Waals surface area contributed by atoms with Gasteiger partial charge in [-0.05, 0) is 0 Å². The Hall–Kier alpha value is -1.36. The van der Waals surface area contributed by atoms with Crippen LogP contribution in [0.25, 0.3) is 0 Å². The van der Waals surface area contributed by atoms with E-state index in [1.54, 1.807) is 36.0 Å². The first-order chi connectivity index (χ1) is 6.65. The normalized spacial score (nSPS) is 10.2. The number of rotatable bonds is 4. The highest BCUT2D eigenvalue weighted by atomic mass is 16.3. The molecule has 0 saturated heterocycles. The van der Waals surface area contributed by atoms with Crippen molar-refractivity contribution >= 4 is 5.91 Å². The maximum Gasteiger partial charge on any atom is 0.223 e. The number of nitrogens with zero attached hydrogens (tertiary/aromatic N) is 3. The summed E-state index contributed by atoms with van der Waals surface area (Å²) in [6, 6.07) is 0. The summed E-state index contributed by atoms with van der Waals surface area (Å²) in [6.07, 6.45) is 3.80. The molecule has 0 unspecified atom stereocenters. The molecule has 0 atom stereocenters. The quantitative estimate of drug-likeness (QED) is 0.730. The molecule has 0 aliphatic carbocycles. The Kier molecular flexibility index (Phi) is 3.64. The topological polar surface area (TPSA) is 58.4 Å². The molecule has 0 aliphatic heterocycles. The number of amides is 1. The zero-order chi connectivity index (χ0) is 10.6. The Labute approximate surface area is 83.0 Å². The van der Waals surface area contributed by atoms with E-state index in [9.17, 15) is 4.79 Å². The number of aliphatic hydroxyl groups excluding tert-OH is 1. The lowest BCUT2D eigenvalue weighted by Gasteiger charge is -2.11. The van der Waals surface area contributed by atoms with Crippen LogP contribution in [0.3, 0.4) is 0 Å². The molecule has 1 amide bonds. The van der Waals surface area contributed by atoms with Crippen molar-refractivity contribution in [1.29, 1.82) is 0 Å². The van der Waals surface area contributed by atoms with E-state index in [0.29, 0.717) is 18.8 Å². The van der Waals surface area contributed by atoms with E-state index in [4.69, 9.17) is 5.11 Å². The van der Waals surface area contributed by atoms with Gasteiger partial charge in [0.1, 0.15) is 12.4 Å². The van der Waals surface area contributed by atoms with E-state index in [-0.39, 0.29) is 12.5 Å². The van der Waals surface area contributed by atoms with Gasteiger partial charge in [-0.3, -0.25) is 4.79 Å². The number of hydrogen-bond acceptors (Lipinski definition) is 3. The van der Waals surface area contributed by atoms with Crippen LogP contribution in [0.5, 0.6) is 0 Å². The Balaban J connectivity index is 2.49. The Morgan fingerprint density at radius 3 is 2.93 bits per heavy atom. The fraction of sp³-hybridized carbons (Fsp3) is 0.556. The van der Waals surface area contributed by atoms with Crippen molar-refractivity contribution in [2.75, 3.05) is 14.1 Å². The summed E-state index contributed by atoms with van der Waals surface area (Å²) in [6.45, 7) is 0.468. The van der Waals surface area contributed by atoms with Gasteiger partial charge < -0.3 is 14.6 Å². The van der Waals surface area contributed by atoms with Crippen molar-refractivity contribution < 1.29 is 9.90 Å². The van der Waals surface area contributed by atoms with E-state index in [2.05, 4.69) is 4.98 Å². The van der Waals surface area contributed by atoms with Crippen LogP contribution in [0, 0.1) is 0 Å². The molecule has 0 radical (unpaired) electrons. The minimum absolute atomic E-state index is 0.0718. The van der Waals surface area contributed by atoms with Crippen molar-refractivity contribution in [1.82, 2.24) is 14.5 Å². The van der Waals surface area contributed by atoms with Gasteiger partial charge in [-0.1, -0.05) is 0 Å². The van der Waals surface area contributed by atoms with Gasteiger partial charge in [-0.2, -0.15) is 0 Å². The fourth-order valence-corrected chi connectivity index (χ4v) is 1.13. The largest absolute Gasteiger partial charge is 0.388 e. The average Bonchev–Trinajstić information content (AvgIpc) is 2.60. The molecule has 0 aromatic carbocycles. The smallest absolute Gasteiger partial charge is 0.223 e. The van der Waals surface area contributed by atoms with Crippen LogP contribution in [0.2, 0.25) is 0 Å². The van der Waals surface area contributed by atoms with E-state index in [0.717, 1.165) is 0 Å². The zero-order valence-corrected chi connectivity index (χ0v) is 8.47. The zero-order valence-electron chi connectivity index (χ0n) is 8.47. The van der Waals surface area contributed by atoms with E-state index in [1.165, 1.54) is 0 Å². The first-order valence-electron chi connectivity index (χ1n) is 4.46. The molecule has 0 aliphatic rings. The molecule has 1 heterocycles. The maximum absolute atomic E-state index is 11.3. The van der Waals surface area contributed by atoms with Gasteiger partial charge in [0.25, 0.3) is 0 Å². The molecule has 1 N–H and O–H groups in total. The third-order valence-corrected chi connectivity index (χ3v) is 2.01. The molecular weight excluding hydrogens is 182 g/mol. The Morgan fingerprint density at radius 2 is 2.36 bits per heavy atom. The third kappa shape index (κ3) is 2.56. The molecule has 5 nitrogen and oxygen atoms in total. The minimum Gasteiger partial charge on any atom is -0.388 e. The van der Waals surface area contributed by atoms with Crippen LogP contribution < -0.4 is 0 Å². The second kappa shape index (κ2) is 4.76. The van der Waals surface area contributed by atoms with Crippen LogP contribution in [0.4, 0.5) is 0 Å². The van der Waals surface area contributed by atoms with Gasteiger partial charge in [0, 0.05) is 39.5 Å². The van der Waals surface area contributed by atoms with Crippen molar-refractivity contribution in [3.8, 4) is 0 Å². The molecule has 78 valence electrons. The van der Waals surface area contributed by atoms with Gasteiger partial charge in [0.05, 0.1) is 0 Å². The van der Waals surface area contributed by atoms with E-state index >= 15 is 0 Å². The Morgan fingerprint density at radius 1 is 1.64 bits per heavy atom. The molecule has 0 spiro atoms. The highest BCUT2D eigenvalue weighted by molar-refractivity contribution is 5.75. The van der Waals surface area contributed by atoms with Crippen LogP contribution in [-0.2, 0) is 17.9 Å². The highest BCUT2D eigenvalue weighted by Crippen LogP contribution is 2.00. The third-order valence-electron chi connectivity index (χ3n) is 2.01. The highest BCUT2D eigenvalue weighted by Gasteiger charge is 2.06. The molecule has 0 fully saturated rings. The van der Waals surface area contributed by atoms with Crippen molar-refractivity contribution in [2.45, 2.75) is 19.6 Å². The summed E-state index contributed by atoms with van der Waals surface area (Å²) in [4.78, 5) is 16.8. The maximum atomic E-state index is 11.3. The number of aromatic nitrogens is 2. The van der Waals surface area contributed by atoms with Crippen molar-refractivity contribution in [3.63, 3.8) is 0 Å². The SMILES string of the molecule is CN(C)C(=O)CCn1ccnc1CO. The van der Waals surface area contributed by atoms with Crippen LogP contribution in [-0.4, -0.2) is 39.6 Å². The lowest BCUT2D eigenvalue weighted by Crippen LogP contribution is -2.23. The van der Waals surface area contributed by atoms with Crippen molar-refractivity contribution in [3.05, 3.63) is 18.2 Å². The number of carbonyl (C=O) groups excluding carboxylic acids is 1. The first kappa shape index (κ1) is 10.7. The van der Waals surface area contributed by atoms with E-state index in [1.807, 2.05) is 0 Å². The number of hydrogen-bond donors (Lipinski definition) is 1. The van der Waals surface area contributed by atoms with Gasteiger partial charge in [0.2, 0.25) is 5.91 Å². The molecule has 1 aromatic rings. The number of carbonyl (C=O) groups is 1.